The standard InChI is InChI=1S/C13H19N3OS/c1-9(2)6-11-8-15-13(18-11)16-10-4-5-12(17-3)14-7-10/h4-5,7,9,11H,6,8H2,1-3H3,(H,15,16). The summed E-state index contributed by atoms with van der Waals surface area (Å²) < 4.78 is 5.03. The van der Waals surface area contributed by atoms with Crippen molar-refractivity contribution in [3.8, 4) is 5.88 Å². The van der Waals surface area contributed by atoms with E-state index in [1.165, 1.54) is 6.42 Å². The summed E-state index contributed by atoms with van der Waals surface area (Å²) in [5.41, 5.74) is 0.951. The van der Waals surface area contributed by atoms with Gasteiger partial charge in [0.2, 0.25) is 5.88 Å². The van der Waals surface area contributed by atoms with Crippen LogP contribution in [0.2, 0.25) is 0 Å². The molecule has 2 rings (SSSR count). The number of nitrogens with one attached hydrogen (secondary N) is 1. The molecule has 0 bridgehead atoms. The Morgan fingerprint density at radius 1 is 1.50 bits per heavy atom. The van der Waals surface area contributed by atoms with Crippen LogP contribution >= 0.6 is 11.8 Å². The third-order valence-corrected chi connectivity index (χ3v) is 3.78. The van der Waals surface area contributed by atoms with E-state index in [0.717, 1.165) is 23.3 Å². The molecule has 1 aliphatic heterocycles. The lowest BCUT2D eigenvalue weighted by Gasteiger charge is -2.11. The predicted octanol–water partition coefficient (Wildman–Crippen LogP) is 3.02. The van der Waals surface area contributed by atoms with E-state index in [9.17, 15) is 0 Å². The van der Waals surface area contributed by atoms with Crippen LogP contribution in [0.3, 0.4) is 0 Å². The Balaban J connectivity index is 1.87. The van der Waals surface area contributed by atoms with Crippen molar-refractivity contribution in [1.29, 1.82) is 0 Å². The van der Waals surface area contributed by atoms with Crippen molar-refractivity contribution in [2.24, 2.45) is 10.9 Å². The minimum Gasteiger partial charge on any atom is -0.481 e. The summed E-state index contributed by atoms with van der Waals surface area (Å²) in [7, 11) is 1.61. The molecular weight excluding hydrogens is 246 g/mol. The van der Waals surface area contributed by atoms with Crippen LogP contribution in [0.5, 0.6) is 5.88 Å². The number of anilines is 1. The van der Waals surface area contributed by atoms with Gasteiger partial charge in [-0.15, -0.1) is 0 Å². The maximum absolute atomic E-state index is 5.03. The number of methoxy groups -OCH3 is 1. The molecule has 0 saturated heterocycles. The number of nitrogens with zero attached hydrogens (tertiary/aromatic N) is 2. The summed E-state index contributed by atoms with van der Waals surface area (Å²) in [6, 6.07) is 3.79. The van der Waals surface area contributed by atoms with Crippen molar-refractivity contribution in [1.82, 2.24) is 4.98 Å². The zero-order valence-electron chi connectivity index (χ0n) is 11.0. The second kappa shape index (κ2) is 6.09. The second-order valence-electron chi connectivity index (χ2n) is 4.73. The fraction of sp³-hybridized carbons (Fsp3) is 0.538. The Bertz CT molecular complexity index is 417. The van der Waals surface area contributed by atoms with Crippen LogP contribution < -0.4 is 10.1 Å². The van der Waals surface area contributed by atoms with Crippen molar-refractivity contribution >= 4 is 22.6 Å². The Kier molecular flexibility index (Phi) is 4.47. The summed E-state index contributed by atoms with van der Waals surface area (Å²) >= 11 is 1.82. The van der Waals surface area contributed by atoms with Gasteiger partial charge in [0.05, 0.1) is 25.5 Å². The minimum absolute atomic E-state index is 0.610. The van der Waals surface area contributed by atoms with Crippen LogP contribution in [0.4, 0.5) is 5.69 Å². The normalized spacial score (nSPS) is 18.9. The van der Waals surface area contributed by atoms with Crippen LogP contribution in [-0.4, -0.2) is 29.1 Å². The molecule has 1 atom stereocenters. The molecule has 4 nitrogen and oxygen atoms in total. The lowest BCUT2D eigenvalue weighted by molar-refractivity contribution is 0.398. The van der Waals surface area contributed by atoms with Crippen LogP contribution in [-0.2, 0) is 0 Å². The van der Waals surface area contributed by atoms with Gasteiger partial charge in [0.15, 0.2) is 5.17 Å². The van der Waals surface area contributed by atoms with E-state index in [4.69, 9.17) is 4.74 Å². The number of aliphatic imine (C=N–C) groups is 1. The molecular formula is C13H19N3OS. The first-order chi connectivity index (χ1) is 8.67. The van der Waals surface area contributed by atoms with Gasteiger partial charge in [-0.05, 0) is 18.4 Å². The van der Waals surface area contributed by atoms with Crippen molar-refractivity contribution in [3.05, 3.63) is 18.3 Å². The molecule has 0 aliphatic carbocycles. The maximum atomic E-state index is 5.03. The Morgan fingerprint density at radius 2 is 2.33 bits per heavy atom. The Morgan fingerprint density at radius 3 is 2.94 bits per heavy atom. The predicted molar refractivity (Wildman–Crippen MR) is 77.5 cm³/mol. The second-order valence-corrected chi connectivity index (χ2v) is 6.02. The largest absolute Gasteiger partial charge is 0.481 e. The summed E-state index contributed by atoms with van der Waals surface area (Å²) in [6.45, 7) is 5.41. The average Bonchev–Trinajstić information content (AvgIpc) is 2.76. The topological polar surface area (TPSA) is 46.5 Å². The van der Waals surface area contributed by atoms with E-state index in [0.29, 0.717) is 11.1 Å². The third kappa shape index (κ3) is 3.63. The molecule has 2 heterocycles. The minimum atomic E-state index is 0.610. The number of rotatable bonds is 4. The molecule has 0 aromatic carbocycles. The molecule has 5 heteroatoms. The van der Waals surface area contributed by atoms with Gasteiger partial charge in [-0.25, -0.2) is 4.98 Å². The number of aromatic nitrogens is 1. The van der Waals surface area contributed by atoms with E-state index in [1.54, 1.807) is 13.3 Å². The number of hydrogen-bond donors (Lipinski definition) is 1. The van der Waals surface area contributed by atoms with Gasteiger partial charge in [-0.3, -0.25) is 4.99 Å². The van der Waals surface area contributed by atoms with E-state index < -0.39 is 0 Å². The lowest BCUT2D eigenvalue weighted by atomic mass is 10.1. The third-order valence-electron chi connectivity index (χ3n) is 2.65. The van der Waals surface area contributed by atoms with E-state index in [-0.39, 0.29) is 0 Å². The van der Waals surface area contributed by atoms with Gasteiger partial charge in [0, 0.05) is 11.3 Å². The zero-order valence-corrected chi connectivity index (χ0v) is 11.8. The maximum Gasteiger partial charge on any atom is 0.213 e. The smallest absolute Gasteiger partial charge is 0.213 e. The molecule has 1 aliphatic rings. The SMILES string of the molecule is COc1ccc(NC2=NCC(CC(C)C)S2)cn1. The molecule has 0 saturated carbocycles. The monoisotopic (exact) mass is 265 g/mol. The highest BCUT2D eigenvalue weighted by Crippen LogP contribution is 2.27. The van der Waals surface area contributed by atoms with E-state index in [1.807, 2.05) is 23.9 Å². The fourth-order valence-electron chi connectivity index (χ4n) is 1.83. The highest BCUT2D eigenvalue weighted by atomic mass is 32.2. The molecule has 0 fully saturated rings. The van der Waals surface area contributed by atoms with Crippen molar-refractivity contribution in [3.63, 3.8) is 0 Å². The number of hydrogen-bond acceptors (Lipinski definition) is 5. The van der Waals surface area contributed by atoms with Gasteiger partial charge in [-0.1, -0.05) is 25.6 Å². The number of thioether (sulfide) groups is 1. The van der Waals surface area contributed by atoms with Crippen LogP contribution in [0.15, 0.2) is 23.3 Å². The number of pyridine rings is 1. The summed E-state index contributed by atoms with van der Waals surface area (Å²) in [5.74, 6) is 1.35. The van der Waals surface area contributed by atoms with E-state index in [2.05, 4.69) is 29.1 Å². The molecule has 1 unspecified atom stereocenters. The molecule has 1 N–H and O–H groups in total. The Hall–Kier alpha value is -1.23. The summed E-state index contributed by atoms with van der Waals surface area (Å²) in [5, 5.41) is 4.89. The molecule has 18 heavy (non-hydrogen) atoms. The zero-order chi connectivity index (χ0) is 13.0. The van der Waals surface area contributed by atoms with Crippen LogP contribution in [0.25, 0.3) is 0 Å². The van der Waals surface area contributed by atoms with Gasteiger partial charge in [0.25, 0.3) is 0 Å². The first-order valence-corrected chi connectivity index (χ1v) is 7.03. The highest BCUT2D eigenvalue weighted by Gasteiger charge is 2.20. The molecule has 0 spiro atoms. The Labute approximate surface area is 112 Å². The van der Waals surface area contributed by atoms with Gasteiger partial charge in [-0.2, -0.15) is 0 Å². The molecule has 0 amide bonds. The van der Waals surface area contributed by atoms with Crippen molar-refractivity contribution in [2.75, 3.05) is 19.0 Å². The number of ether oxygens (including phenoxy) is 1. The van der Waals surface area contributed by atoms with Gasteiger partial charge >= 0.3 is 0 Å². The average molecular weight is 265 g/mol. The van der Waals surface area contributed by atoms with Crippen LogP contribution in [0, 0.1) is 5.92 Å². The summed E-state index contributed by atoms with van der Waals surface area (Å²) in [6.07, 6.45) is 2.97. The highest BCUT2D eigenvalue weighted by molar-refractivity contribution is 8.15. The fourth-order valence-corrected chi connectivity index (χ4v) is 3.10. The first kappa shape index (κ1) is 13.2. The van der Waals surface area contributed by atoms with E-state index >= 15 is 0 Å². The summed E-state index contributed by atoms with van der Waals surface area (Å²) in [4.78, 5) is 8.68. The van der Waals surface area contributed by atoms with Crippen molar-refractivity contribution in [2.45, 2.75) is 25.5 Å². The van der Waals surface area contributed by atoms with Crippen molar-refractivity contribution < 1.29 is 4.74 Å². The first-order valence-electron chi connectivity index (χ1n) is 6.15. The quantitative estimate of drug-likeness (QED) is 0.909. The lowest BCUT2D eigenvalue weighted by Crippen LogP contribution is -2.09. The van der Waals surface area contributed by atoms with Gasteiger partial charge < -0.3 is 10.1 Å². The molecule has 98 valence electrons. The van der Waals surface area contributed by atoms with Gasteiger partial charge in [0.1, 0.15) is 0 Å². The molecule has 0 radical (unpaired) electrons. The molecule has 1 aromatic heterocycles. The number of amidine groups is 1. The van der Waals surface area contributed by atoms with Crippen LogP contribution in [0.1, 0.15) is 20.3 Å². The molecule has 1 aromatic rings.